The molecule has 3 nitrogen and oxygen atoms in total. The van der Waals surface area contributed by atoms with Crippen LogP contribution < -0.4 is 4.74 Å². The van der Waals surface area contributed by atoms with Gasteiger partial charge < -0.3 is 9.84 Å². The second kappa shape index (κ2) is 4.82. The molecule has 1 aromatic carbocycles. The Labute approximate surface area is 89.7 Å². The molecule has 0 spiro atoms. The number of hydrogen-bond donors (Lipinski definition) is 1. The lowest BCUT2D eigenvalue weighted by Crippen LogP contribution is -2.01. The molecule has 1 rings (SSSR count). The summed E-state index contributed by atoms with van der Waals surface area (Å²) in [7, 11) is 0. The number of hydrogen-bond acceptors (Lipinski definition) is 2. The molecular formula is C12H16O3. The summed E-state index contributed by atoms with van der Waals surface area (Å²) >= 11 is 0. The first-order valence-corrected chi connectivity index (χ1v) is 5.05. The van der Waals surface area contributed by atoms with E-state index in [1.807, 2.05) is 26.8 Å². The maximum Gasteiger partial charge on any atom is 0.335 e. The third-order valence-corrected chi connectivity index (χ3v) is 2.15. The Morgan fingerprint density at radius 1 is 1.40 bits per heavy atom. The van der Waals surface area contributed by atoms with Gasteiger partial charge in [-0.15, -0.1) is 0 Å². The number of rotatable bonds is 4. The van der Waals surface area contributed by atoms with E-state index in [-0.39, 0.29) is 5.56 Å². The van der Waals surface area contributed by atoms with Gasteiger partial charge in [0.15, 0.2) is 0 Å². The van der Waals surface area contributed by atoms with Gasteiger partial charge in [-0.1, -0.05) is 13.8 Å². The lowest BCUT2D eigenvalue weighted by atomic mass is 10.0. The third kappa shape index (κ3) is 2.98. The van der Waals surface area contributed by atoms with E-state index in [2.05, 4.69) is 0 Å². The van der Waals surface area contributed by atoms with Crippen LogP contribution in [-0.2, 0) is 0 Å². The van der Waals surface area contributed by atoms with E-state index in [1.54, 1.807) is 12.1 Å². The lowest BCUT2D eigenvalue weighted by Gasteiger charge is -2.10. The maximum atomic E-state index is 10.9. The van der Waals surface area contributed by atoms with E-state index in [0.717, 1.165) is 5.56 Å². The zero-order chi connectivity index (χ0) is 11.4. The summed E-state index contributed by atoms with van der Waals surface area (Å²) in [5, 5.41) is 8.93. The summed E-state index contributed by atoms with van der Waals surface area (Å²) in [6.07, 6.45) is 0. The number of carbonyl (C=O) groups is 1. The zero-order valence-corrected chi connectivity index (χ0v) is 9.28. The van der Waals surface area contributed by atoms with Crippen molar-refractivity contribution < 1.29 is 14.6 Å². The topological polar surface area (TPSA) is 46.5 Å². The van der Waals surface area contributed by atoms with E-state index in [1.165, 1.54) is 0 Å². The molecule has 3 heteroatoms. The molecule has 0 saturated carbocycles. The minimum atomic E-state index is -0.918. The average molecular weight is 208 g/mol. The number of carboxylic acid groups (broad SMARTS) is 1. The molecule has 1 aromatic rings. The highest BCUT2D eigenvalue weighted by molar-refractivity contribution is 5.88. The highest BCUT2D eigenvalue weighted by atomic mass is 16.5. The predicted molar refractivity (Wildman–Crippen MR) is 58.7 cm³/mol. The summed E-state index contributed by atoms with van der Waals surface area (Å²) in [5.74, 6) is 0.00283. The van der Waals surface area contributed by atoms with Crippen LogP contribution >= 0.6 is 0 Å². The molecule has 0 radical (unpaired) electrons. The van der Waals surface area contributed by atoms with Crippen LogP contribution in [0.2, 0.25) is 0 Å². The third-order valence-electron chi connectivity index (χ3n) is 2.15. The Kier molecular flexibility index (Phi) is 3.72. The lowest BCUT2D eigenvalue weighted by molar-refractivity contribution is 0.0696. The number of benzene rings is 1. The van der Waals surface area contributed by atoms with Crippen LogP contribution in [0.25, 0.3) is 0 Å². The van der Waals surface area contributed by atoms with E-state index < -0.39 is 5.97 Å². The van der Waals surface area contributed by atoms with Crippen LogP contribution in [0.4, 0.5) is 0 Å². The second-order valence-corrected chi connectivity index (χ2v) is 3.68. The Morgan fingerprint density at radius 2 is 2.07 bits per heavy atom. The number of ether oxygens (including phenoxy) is 1. The molecule has 1 N–H and O–H groups in total. The maximum absolute atomic E-state index is 10.9. The average Bonchev–Trinajstić information content (AvgIpc) is 2.17. The molecule has 0 aliphatic rings. The normalized spacial score (nSPS) is 10.4. The van der Waals surface area contributed by atoms with Gasteiger partial charge in [-0.05, 0) is 36.6 Å². The molecule has 0 fully saturated rings. The minimum absolute atomic E-state index is 0.282. The molecule has 0 aliphatic carbocycles. The van der Waals surface area contributed by atoms with E-state index >= 15 is 0 Å². The van der Waals surface area contributed by atoms with Gasteiger partial charge >= 0.3 is 5.97 Å². The molecule has 0 aliphatic heterocycles. The van der Waals surface area contributed by atoms with Crippen molar-refractivity contribution >= 4 is 5.97 Å². The SMILES string of the molecule is CCOc1cc(C(=O)O)cc(C(C)C)c1. The van der Waals surface area contributed by atoms with Crippen molar-refractivity contribution in [2.45, 2.75) is 26.7 Å². The van der Waals surface area contributed by atoms with Crippen molar-refractivity contribution in [2.75, 3.05) is 6.61 Å². The molecule has 0 aromatic heterocycles. The molecule has 0 saturated heterocycles. The molecular weight excluding hydrogens is 192 g/mol. The fourth-order valence-electron chi connectivity index (χ4n) is 1.33. The minimum Gasteiger partial charge on any atom is -0.494 e. The first kappa shape index (κ1) is 11.6. The fourth-order valence-corrected chi connectivity index (χ4v) is 1.33. The smallest absolute Gasteiger partial charge is 0.335 e. The standard InChI is InChI=1S/C12H16O3/c1-4-15-11-6-9(8(2)3)5-10(7-11)12(13)14/h5-8H,4H2,1-3H3,(H,13,14). The summed E-state index contributed by atoms with van der Waals surface area (Å²) in [6.45, 7) is 6.47. The quantitative estimate of drug-likeness (QED) is 0.827. The molecule has 0 unspecified atom stereocenters. The van der Waals surface area contributed by atoms with E-state index in [9.17, 15) is 4.79 Å². The molecule has 15 heavy (non-hydrogen) atoms. The number of carboxylic acids is 1. The van der Waals surface area contributed by atoms with Crippen molar-refractivity contribution in [3.63, 3.8) is 0 Å². The molecule has 0 bridgehead atoms. The zero-order valence-electron chi connectivity index (χ0n) is 9.28. The van der Waals surface area contributed by atoms with Crippen LogP contribution in [0.15, 0.2) is 18.2 Å². The molecule has 0 amide bonds. The van der Waals surface area contributed by atoms with Crippen molar-refractivity contribution in [1.82, 2.24) is 0 Å². The van der Waals surface area contributed by atoms with Gasteiger partial charge in [0.05, 0.1) is 12.2 Å². The number of aromatic carboxylic acids is 1. The summed E-state index contributed by atoms with van der Waals surface area (Å²) < 4.78 is 5.32. The second-order valence-electron chi connectivity index (χ2n) is 3.68. The Morgan fingerprint density at radius 3 is 2.53 bits per heavy atom. The summed E-state index contributed by atoms with van der Waals surface area (Å²) in [5.41, 5.74) is 1.27. The van der Waals surface area contributed by atoms with Gasteiger partial charge in [0.2, 0.25) is 0 Å². The summed E-state index contributed by atoms with van der Waals surface area (Å²) in [4.78, 5) is 10.9. The summed E-state index contributed by atoms with van der Waals surface area (Å²) in [6, 6.07) is 5.13. The Hall–Kier alpha value is -1.51. The van der Waals surface area contributed by atoms with Crippen LogP contribution in [0.3, 0.4) is 0 Å². The van der Waals surface area contributed by atoms with Gasteiger partial charge in [-0.3, -0.25) is 0 Å². The van der Waals surface area contributed by atoms with Crippen molar-refractivity contribution in [1.29, 1.82) is 0 Å². The first-order valence-electron chi connectivity index (χ1n) is 5.05. The van der Waals surface area contributed by atoms with E-state index in [0.29, 0.717) is 18.3 Å². The molecule has 0 heterocycles. The highest BCUT2D eigenvalue weighted by Gasteiger charge is 2.09. The van der Waals surface area contributed by atoms with Gasteiger partial charge in [0.1, 0.15) is 5.75 Å². The van der Waals surface area contributed by atoms with Crippen molar-refractivity contribution in [3.05, 3.63) is 29.3 Å². The van der Waals surface area contributed by atoms with Gasteiger partial charge in [-0.25, -0.2) is 4.79 Å². The Bertz CT molecular complexity index is 356. The van der Waals surface area contributed by atoms with E-state index in [4.69, 9.17) is 9.84 Å². The van der Waals surface area contributed by atoms with Crippen molar-refractivity contribution in [3.8, 4) is 5.75 Å². The molecule has 82 valence electrons. The fraction of sp³-hybridized carbons (Fsp3) is 0.417. The molecule has 0 atom stereocenters. The van der Waals surface area contributed by atoms with Crippen LogP contribution in [0, 0.1) is 0 Å². The predicted octanol–water partition coefficient (Wildman–Crippen LogP) is 2.91. The first-order chi connectivity index (χ1) is 7.04. The van der Waals surface area contributed by atoms with Crippen LogP contribution in [0.5, 0.6) is 5.75 Å². The largest absolute Gasteiger partial charge is 0.494 e. The van der Waals surface area contributed by atoms with Crippen LogP contribution in [-0.4, -0.2) is 17.7 Å². The van der Waals surface area contributed by atoms with Gasteiger partial charge in [0.25, 0.3) is 0 Å². The monoisotopic (exact) mass is 208 g/mol. The highest BCUT2D eigenvalue weighted by Crippen LogP contribution is 2.23. The Balaban J connectivity index is 3.14. The van der Waals surface area contributed by atoms with Gasteiger partial charge in [0, 0.05) is 0 Å². The van der Waals surface area contributed by atoms with Gasteiger partial charge in [-0.2, -0.15) is 0 Å². The van der Waals surface area contributed by atoms with Crippen molar-refractivity contribution in [2.24, 2.45) is 0 Å². The van der Waals surface area contributed by atoms with Crippen LogP contribution in [0.1, 0.15) is 42.6 Å².